The summed E-state index contributed by atoms with van der Waals surface area (Å²) in [6.45, 7) is 0. The molecule has 1 aliphatic rings. The normalized spacial score (nSPS) is 28.3. The molecule has 0 aromatic carbocycles. The zero-order valence-electron chi connectivity index (χ0n) is 8.17. The zero-order chi connectivity index (χ0) is 10.7. The summed E-state index contributed by atoms with van der Waals surface area (Å²) in [5.41, 5.74) is 0. The molecule has 0 aromatic rings. The molecule has 0 N–H and O–H groups in total. The number of hydrogen-bond acceptors (Lipinski definition) is 0. The summed E-state index contributed by atoms with van der Waals surface area (Å²) >= 11 is -5.20. The van der Waals surface area contributed by atoms with E-state index < -0.39 is 32.2 Å². The van der Waals surface area contributed by atoms with Crippen LogP contribution in [0.1, 0.15) is 25.7 Å². The molecule has 1 rings (SSSR count). The molecule has 0 unspecified atom stereocenters. The molecular formula is C8H16Cl4Sn2. The van der Waals surface area contributed by atoms with Crippen LogP contribution in [0, 0.1) is 0 Å². The molecule has 0 bridgehead atoms. The average molecular weight is 491 g/mol. The zero-order valence-corrected chi connectivity index (χ0v) is 16.9. The van der Waals surface area contributed by atoms with Crippen molar-refractivity contribution < 1.29 is 0 Å². The predicted octanol–water partition coefficient (Wildman–Crippen LogP) is 5.40. The van der Waals surface area contributed by atoms with Gasteiger partial charge in [0.1, 0.15) is 0 Å². The standard InChI is InChI=1S/2C4H8.4ClH.2Sn/c2*1-3-4-2;;;;;;/h2*1-4H2;4*1H;;/q;;;;;;2*+2/p-4. The van der Waals surface area contributed by atoms with Crippen LogP contribution in [0.25, 0.3) is 0 Å². The van der Waals surface area contributed by atoms with Gasteiger partial charge in [-0.25, -0.2) is 0 Å². The van der Waals surface area contributed by atoms with Gasteiger partial charge in [0, 0.05) is 0 Å². The van der Waals surface area contributed by atoms with Gasteiger partial charge in [-0.1, -0.05) is 0 Å². The van der Waals surface area contributed by atoms with Gasteiger partial charge in [0.2, 0.25) is 0 Å². The summed E-state index contributed by atoms with van der Waals surface area (Å²) in [7, 11) is 25.5. The van der Waals surface area contributed by atoms with Crippen LogP contribution >= 0.6 is 35.7 Å². The molecule has 6 heteroatoms. The summed E-state index contributed by atoms with van der Waals surface area (Å²) in [4.78, 5) is 0. The molecule has 0 radical (unpaired) electrons. The maximum absolute atomic E-state index is 6.37. The van der Waals surface area contributed by atoms with E-state index in [-0.39, 0.29) is 0 Å². The number of halogens is 4. The number of rotatable bonds is 0. The van der Waals surface area contributed by atoms with Crippen LogP contribution in [0.15, 0.2) is 0 Å². The second-order valence-electron chi connectivity index (χ2n) is 4.13. The van der Waals surface area contributed by atoms with Gasteiger partial charge in [-0.15, -0.1) is 0 Å². The fraction of sp³-hybridized carbons (Fsp3) is 1.00. The van der Waals surface area contributed by atoms with Crippen LogP contribution in [0.5, 0.6) is 0 Å². The van der Waals surface area contributed by atoms with Crippen molar-refractivity contribution >= 4 is 67.9 Å². The monoisotopic (exact) mass is 492 g/mol. The molecule has 0 nitrogen and oxygen atoms in total. The Morgan fingerprint density at radius 3 is 0.929 bits per heavy atom. The van der Waals surface area contributed by atoms with Crippen molar-refractivity contribution in [3.05, 3.63) is 0 Å². The molecule has 0 spiro atoms. The molecule has 14 heavy (non-hydrogen) atoms. The van der Waals surface area contributed by atoms with E-state index in [9.17, 15) is 0 Å². The second-order valence-corrected chi connectivity index (χ2v) is 41.6. The Labute approximate surface area is 110 Å². The molecular weight excluding hydrogens is 475 g/mol. The van der Waals surface area contributed by atoms with Gasteiger partial charge in [0.15, 0.2) is 0 Å². The molecule has 1 fully saturated rings. The third-order valence-corrected chi connectivity index (χ3v) is 25.2. The van der Waals surface area contributed by atoms with Crippen molar-refractivity contribution in [2.45, 2.75) is 43.4 Å². The topological polar surface area (TPSA) is 0 Å². The Kier molecular flexibility index (Phi) is 7.01. The first-order valence-electron chi connectivity index (χ1n) is 5.17. The van der Waals surface area contributed by atoms with Gasteiger partial charge in [-0.05, 0) is 0 Å². The Bertz CT molecular complexity index is 148. The molecule has 1 aliphatic heterocycles. The Morgan fingerprint density at radius 1 is 0.500 bits per heavy atom. The van der Waals surface area contributed by atoms with Crippen LogP contribution in [-0.4, -0.2) is 32.2 Å². The quantitative estimate of drug-likeness (QED) is 0.398. The maximum atomic E-state index is 6.37. The van der Waals surface area contributed by atoms with Crippen molar-refractivity contribution in [1.29, 1.82) is 0 Å². The van der Waals surface area contributed by atoms with Gasteiger partial charge in [0.05, 0.1) is 0 Å². The number of hydrogen-bond donors (Lipinski definition) is 0. The van der Waals surface area contributed by atoms with Crippen LogP contribution < -0.4 is 0 Å². The van der Waals surface area contributed by atoms with Gasteiger partial charge in [-0.2, -0.15) is 0 Å². The Morgan fingerprint density at radius 2 is 0.714 bits per heavy atom. The molecule has 0 atom stereocenters. The molecule has 0 amide bonds. The van der Waals surface area contributed by atoms with Crippen molar-refractivity contribution in [2.24, 2.45) is 0 Å². The Balaban J connectivity index is 2.42. The summed E-state index contributed by atoms with van der Waals surface area (Å²) in [6.07, 6.45) is 4.62. The third-order valence-electron chi connectivity index (χ3n) is 2.67. The summed E-state index contributed by atoms with van der Waals surface area (Å²) < 4.78 is 4.36. The summed E-state index contributed by atoms with van der Waals surface area (Å²) in [6, 6.07) is 0. The Hall–Kier alpha value is 2.76. The fourth-order valence-electron chi connectivity index (χ4n) is 1.78. The van der Waals surface area contributed by atoms with Crippen LogP contribution in [-0.2, 0) is 0 Å². The van der Waals surface area contributed by atoms with E-state index in [1.807, 2.05) is 0 Å². The van der Waals surface area contributed by atoms with Crippen LogP contribution in [0.2, 0.25) is 17.7 Å². The third kappa shape index (κ3) is 6.48. The predicted molar refractivity (Wildman–Crippen MR) is 72.6 cm³/mol. The minimum atomic E-state index is -2.60. The molecule has 84 valence electrons. The fourth-order valence-corrected chi connectivity index (χ4v) is 19.1. The molecule has 1 heterocycles. The van der Waals surface area contributed by atoms with Gasteiger partial charge in [-0.3, -0.25) is 0 Å². The van der Waals surface area contributed by atoms with Crippen molar-refractivity contribution in [3.63, 3.8) is 0 Å². The van der Waals surface area contributed by atoms with Crippen molar-refractivity contribution in [2.75, 3.05) is 0 Å². The van der Waals surface area contributed by atoms with E-state index in [4.69, 9.17) is 35.7 Å². The first kappa shape index (κ1) is 14.8. The van der Waals surface area contributed by atoms with E-state index in [1.54, 1.807) is 0 Å². The summed E-state index contributed by atoms with van der Waals surface area (Å²) in [5.74, 6) is 0. The average Bonchev–Trinajstić information content (AvgIpc) is 2.07. The van der Waals surface area contributed by atoms with Gasteiger partial charge in [0.25, 0.3) is 0 Å². The van der Waals surface area contributed by atoms with E-state index in [2.05, 4.69) is 0 Å². The van der Waals surface area contributed by atoms with Crippen LogP contribution in [0.3, 0.4) is 0 Å². The van der Waals surface area contributed by atoms with E-state index >= 15 is 0 Å². The summed E-state index contributed by atoms with van der Waals surface area (Å²) in [5, 5.41) is 0. The van der Waals surface area contributed by atoms with Gasteiger partial charge >= 0.3 is 111 Å². The molecule has 1 saturated heterocycles. The second kappa shape index (κ2) is 6.63. The van der Waals surface area contributed by atoms with Crippen LogP contribution in [0.4, 0.5) is 0 Å². The molecule has 0 saturated carbocycles. The SMILES string of the molecule is [Cl][Sn]1([Cl])[CH2]CC[CH2][Sn]([Cl])([Cl])[CH2]CC[CH2]1. The first-order valence-corrected chi connectivity index (χ1v) is 27.7. The molecule has 0 aliphatic carbocycles. The van der Waals surface area contributed by atoms with Crippen molar-refractivity contribution in [1.82, 2.24) is 0 Å². The van der Waals surface area contributed by atoms with Gasteiger partial charge < -0.3 is 0 Å². The van der Waals surface area contributed by atoms with E-state index in [1.165, 1.54) is 0 Å². The van der Waals surface area contributed by atoms with E-state index in [0.29, 0.717) is 0 Å². The first-order chi connectivity index (χ1) is 6.41. The van der Waals surface area contributed by atoms with Crippen molar-refractivity contribution in [3.8, 4) is 0 Å². The van der Waals surface area contributed by atoms with E-state index in [0.717, 1.165) is 43.4 Å². The minimum absolute atomic E-state index is 1.09. The molecule has 0 aromatic heterocycles.